The lowest BCUT2D eigenvalue weighted by Crippen LogP contribution is -2.45. The van der Waals surface area contributed by atoms with Crippen molar-refractivity contribution in [3.8, 4) is 5.88 Å². The largest absolute Gasteiger partial charge is 0.474 e. The minimum Gasteiger partial charge on any atom is -0.474 e. The highest BCUT2D eigenvalue weighted by molar-refractivity contribution is 6.05. The average Bonchev–Trinajstić information content (AvgIpc) is 3.11. The number of hydrogen-bond donors (Lipinski definition) is 1. The van der Waals surface area contributed by atoms with Crippen molar-refractivity contribution in [2.75, 3.05) is 11.9 Å². The lowest BCUT2D eigenvalue weighted by atomic mass is 9.62. The Bertz CT molecular complexity index is 1410. The molecule has 1 N–H and O–H groups in total. The van der Waals surface area contributed by atoms with Crippen LogP contribution in [0.15, 0.2) is 35.5 Å². The molecule has 2 aliphatic carbocycles. The van der Waals surface area contributed by atoms with E-state index in [4.69, 9.17) is 14.5 Å². The molecular formula is C26H31N5O4. The van der Waals surface area contributed by atoms with Gasteiger partial charge < -0.3 is 19.4 Å². The molecule has 184 valence electrons. The first-order chi connectivity index (χ1) is 16.5. The summed E-state index contributed by atoms with van der Waals surface area (Å²) in [5.41, 5.74) is 1.13. The Morgan fingerprint density at radius 2 is 1.97 bits per heavy atom. The molecule has 3 aromatic heterocycles. The Labute approximate surface area is 203 Å². The molecule has 4 aliphatic rings. The normalized spacial score (nSPS) is 28.2. The monoisotopic (exact) mass is 477 g/mol. The lowest BCUT2D eigenvalue weighted by molar-refractivity contribution is 0.0154. The molecule has 0 aromatic carbocycles. The van der Waals surface area contributed by atoms with Crippen LogP contribution in [-0.2, 0) is 10.2 Å². The van der Waals surface area contributed by atoms with E-state index < -0.39 is 5.91 Å². The van der Waals surface area contributed by atoms with E-state index in [9.17, 15) is 9.59 Å². The van der Waals surface area contributed by atoms with E-state index >= 15 is 0 Å². The van der Waals surface area contributed by atoms with Gasteiger partial charge in [0.15, 0.2) is 0 Å². The van der Waals surface area contributed by atoms with Crippen LogP contribution in [0.5, 0.6) is 5.88 Å². The zero-order valence-electron chi connectivity index (χ0n) is 20.8. The molecule has 9 nitrogen and oxygen atoms in total. The van der Waals surface area contributed by atoms with Gasteiger partial charge in [-0.25, -0.2) is 4.98 Å². The first-order valence-corrected chi connectivity index (χ1v) is 12.2. The van der Waals surface area contributed by atoms with Crippen molar-refractivity contribution in [2.45, 2.75) is 77.0 Å². The SMILES string of the molecule is CC(C)Oc1nc2nc(C34COC(C)(C3)C4)cn2cc1C(=O)Nc1cccn([C@@H]2CC2(C)C)c1=O. The van der Waals surface area contributed by atoms with Crippen LogP contribution in [-0.4, -0.2) is 43.2 Å². The molecule has 2 saturated carbocycles. The molecule has 2 bridgehead atoms. The molecule has 35 heavy (non-hydrogen) atoms. The van der Waals surface area contributed by atoms with E-state index in [-0.39, 0.29) is 51.3 Å². The molecular weight excluding hydrogens is 446 g/mol. The third kappa shape index (κ3) is 3.55. The Morgan fingerprint density at radius 3 is 2.60 bits per heavy atom. The van der Waals surface area contributed by atoms with E-state index in [1.165, 1.54) is 0 Å². The number of nitrogens with zero attached hydrogens (tertiary/aromatic N) is 4. The molecule has 7 rings (SSSR count). The third-order valence-electron chi connectivity index (χ3n) is 7.69. The molecule has 3 aromatic rings. The van der Waals surface area contributed by atoms with Crippen LogP contribution in [0.3, 0.4) is 0 Å². The van der Waals surface area contributed by atoms with Crippen LogP contribution in [0, 0.1) is 5.41 Å². The van der Waals surface area contributed by atoms with Crippen molar-refractivity contribution >= 4 is 17.4 Å². The minimum atomic E-state index is -0.450. The molecule has 4 fully saturated rings. The topological polar surface area (TPSA) is 99.8 Å². The Hall–Kier alpha value is -3.20. The molecule has 2 aliphatic heterocycles. The molecule has 1 atom stereocenters. The highest BCUT2D eigenvalue weighted by Crippen LogP contribution is 2.58. The third-order valence-corrected chi connectivity index (χ3v) is 7.69. The Kier molecular flexibility index (Phi) is 4.56. The molecule has 1 amide bonds. The fourth-order valence-corrected chi connectivity index (χ4v) is 5.74. The second kappa shape index (κ2) is 7.16. The molecule has 5 heterocycles. The van der Waals surface area contributed by atoms with E-state index in [1.807, 2.05) is 20.0 Å². The number of imidazole rings is 1. The van der Waals surface area contributed by atoms with E-state index in [0.29, 0.717) is 12.4 Å². The maximum atomic E-state index is 13.4. The predicted molar refractivity (Wildman–Crippen MR) is 130 cm³/mol. The van der Waals surface area contributed by atoms with Gasteiger partial charge in [0, 0.05) is 30.0 Å². The minimum absolute atomic E-state index is 0.0571. The summed E-state index contributed by atoms with van der Waals surface area (Å²) in [5.74, 6) is 0.217. The summed E-state index contributed by atoms with van der Waals surface area (Å²) in [5, 5.41) is 2.79. The maximum Gasteiger partial charge on any atom is 0.274 e. The van der Waals surface area contributed by atoms with Gasteiger partial charge in [-0.15, -0.1) is 0 Å². The summed E-state index contributed by atoms with van der Waals surface area (Å²) in [6, 6.07) is 3.56. The van der Waals surface area contributed by atoms with Gasteiger partial charge >= 0.3 is 0 Å². The number of hydrogen-bond acceptors (Lipinski definition) is 6. The lowest BCUT2D eigenvalue weighted by Gasteiger charge is -2.41. The van der Waals surface area contributed by atoms with Gasteiger partial charge in [-0.3, -0.25) is 14.0 Å². The van der Waals surface area contributed by atoms with Crippen LogP contribution >= 0.6 is 0 Å². The van der Waals surface area contributed by atoms with Crippen molar-refractivity contribution < 1.29 is 14.3 Å². The van der Waals surface area contributed by atoms with E-state index in [0.717, 1.165) is 25.0 Å². The van der Waals surface area contributed by atoms with Crippen molar-refractivity contribution in [1.82, 2.24) is 18.9 Å². The zero-order valence-corrected chi connectivity index (χ0v) is 20.8. The molecule has 0 spiro atoms. The first kappa shape index (κ1) is 22.3. The van der Waals surface area contributed by atoms with Gasteiger partial charge in [0.1, 0.15) is 11.3 Å². The molecule has 0 radical (unpaired) electrons. The highest BCUT2D eigenvalue weighted by atomic mass is 16.5. The number of rotatable bonds is 6. The van der Waals surface area contributed by atoms with Crippen molar-refractivity contribution in [2.24, 2.45) is 5.41 Å². The standard InChI is InChI=1S/C26H31N5O4/c1-15(2)35-21-16(20(32)27-17-7-6-8-31(22(17)33)19-9-24(19,3)4)10-30-11-18(28-23(30)29-21)26-12-25(5,13-26)34-14-26/h6-8,10-11,15,19H,9,12-14H2,1-5H3,(H,27,32)/t19-,25?,26?/m1/s1. The number of ether oxygens (including phenoxy) is 2. The number of pyridine rings is 1. The highest BCUT2D eigenvalue weighted by Gasteiger charge is 2.61. The number of fused-ring (bicyclic) bond motifs is 2. The van der Waals surface area contributed by atoms with Crippen molar-refractivity contribution in [3.05, 3.63) is 52.3 Å². The maximum absolute atomic E-state index is 13.4. The first-order valence-electron chi connectivity index (χ1n) is 12.2. The van der Waals surface area contributed by atoms with Crippen LogP contribution in [0.2, 0.25) is 0 Å². The Morgan fingerprint density at radius 1 is 1.23 bits per heavy atom. The second-order valence-corrected chi connectivity index (χ2v) is 11.6. The Balaban J connectivity index is 1.34. The summed E-state index contributed by atoms with van der Waals surface area (Å²) in [4.78, 5) is 35.8. The quantitative estimate of drug-likeness (QED) is 0.581. The fourth-order valence-electron chi connectivity index (χ4n) is 5.74. The summed E-state index contributed by atoms with van der Waals surface area (Å²) in [6.07, 6.45) is 8.01. The predicted octanol–water partition coefficient (Wildman–Crippen LogP) is 3.72. The van der Waals surface area contributed by atoms with Gasteiger partial charge in [-0.1, -0.05) is 13.8 Å². The van der Waals surface area contributed by atoms with Crippen LogP contribution in [0.4, 0.5) is 5.69 Å². The number of aromatic nitrogens is 4. The fraction of sp³-hybridized carbons (Fsp3) is 0.538. The van der Waals surface area contributed by atoms with Gasteiger partial charge in [-0.05, 0) is 57.6 Å². The smallest absolute Gasteiger partial charge is 0.274 e. The van der Waals surface area contributed by atoms with Crippen LogP contribution in [0.25, 0.3) is 5.78 Å². The number of anilines is 1. The molecule has 9 heteroatoms. The second-order valence-electron chi connectivity index (χ2n) is 11.6. The van der Waals surface area contributed by atoms with Crippen LogP contribution in [0.1, 0.15) is 76.0 Å². The van der Waals surface area contributed by atoms with Crippen molar-refractivity contribution in [3.63, 3.8) is 0 Å². The van der Waals surface area contributed by atoms with Gasteiger partial charge in [0.2, 0.25) is 11.7 Å². The summed E-state index contributed by atoms with van der Waals surface area (Å²) in [6.45, 7) is 10.8. The number of carbonyl (C=O) groups excluding carboxylic acids is 1. The zero-order chi connectivity index (χ0) is 24.8. The summed E-state index contributed by atoms with van der Waals surface area (Å²) >= 11 is 0. The number of amides is 1. The van der Waals surface area contributed by atoms with Gasteiger partial charge in [-0.2, -0.15) is 4.98 Å². The van der Waals surface area contributed by atoms with E-state index in [2.05, 4.69) is 31.1 Å². The average molecular weight is 478 g/mol. The number of carbonyl (C=O) groups is 1. The van der Waals surface area contributed by atoms with Gasteiger partial charge in [0.05, 0.1) is 24.0 Å². The number of nitrogens with one attached hydrogen (secondary N) is 1. The summed E-state index contributed by atoms with van der Waals surface area (Å²) < 4.78 is 15.3. The van der Waals surface area contributed by atoms with E-state index in [1.54, 1.807) is 33.5 Å². The summed E-state index contributed by atoms with van der Waals surface area (Å²) in [7, 11) is 0. The van der Waals surface area contributed by atoms with Gasteiger partial charge in [0.25, 0.3) is 11.5 Å². The van der Waals surface area contributed by atoms with Crippen LogP contribution < -0.4 is 15.6 Å². The van der Waals surface area contributed by atoms with Crippen molar-refractivity contribution in [1.29, 1.82) is 0 Å². The molecule has 0 unspecified atom stereocenters. The molecule has 2 saturated heterocycles.